The van der Waals surface area contributed by atoms with Crippen LogP contribution in [-0.2, 0) is 33.8 Å². The van der Waals surface area contributed by atoms with E-state index in [0.717, 1.165) is 45.3 Å². The number of nitrogens with one attached hydrogen (secondary N) is 2. The van der Waals surface area contributed by atoms with Gasteiger partial charge in [-0.2, -0.15) is 30.9 Å². The lowest BCUT2D eigenvalue weighted by Gasteiger charge is -2.11. The lowest BCUT2D eigenvalue weighted by atomic mass is 10.1. The molecule has 0 unspecified atom stereocenters. The summed E-state index contributed by atoms with van der Waals surface area (Å²) in [5, 5.41) is 40.0. The molecule has 0 aliphatic carbocycles. The second kappa shape index (κ2) is 33.8. The highest BCUT2D eigenvalue weighted by molar-refractivity contribution is 5.98. The summed E-state index contributed by atoms with van der Waals surface area (Å²) < 4.78 is 53.0. The number of aryl methyl sites for hydroxylation is 4. The molecule has 97 heavy (non-hydrogen) atoms. The highest BCUT2D eigenvalue weighted by Gasteiger charge is 2.24. The van der Waals surface area contributed by atoms with Crippen molar-refractivity contribution in [1.82, 2.24) is 49.8 Å². The van der Waals surface area contributed by atoms with Gasteiger partial charge in [-0.3, -0.25) is 14.4 Å². The predicted molar refractivity (Wildman–Crippen MR) is 353 cm³/mol. The molecule has 0 spiro atoms. The smallest absolute Gasteiger partial charge is 0.357 e. The van der Waals surface area contributed by atoms with Crippen molar-refractivity contribution < 1.29 is 56.5 Å². The van der Waals surface area contributed by atoms with Crippen LogP contribution in [0.4, 0.5) is 14.5 Å². The first kappa shape index (κ1) is 71.8. The zero-order valence-electron chi connectivity index (χ0n) is 54.2. The van der Waals surface area contributed by atoms with E-state index in [2.05, 4.69) is 31.0 Å². The average Bonchev–Trinajstić information content (AvgIpc) is 1.18. The molecule has 0 saturated heterocycles. The zero-order valence-corrected chi connectivity index (χ0v) is 54.2. The Labute approximate surface area is 556 Å². The lowest BCUT2D eigenvalue weighted by Crippen LogP contribution is -2.23. The number of aromatic nitrogens is 8. The molecule has 0 fully saturated rings. The van der Waals surface area contributed by atoms with Crippen molar-refractivity contribution in [3.63, 3.8) is 0 Å². The summed E-state index contributed by atoms with van der Waals surface area (Å²) in [6.07, 6.45) is 4.88. The van der Waals surface area contributed by atoms with Gasteiger partial charge in [-0.15, -0.1) is 0 Å². The van der Waals surface area contributed by atoms with E-state index in [1.165, 1.54) is 45.4 Å². The van der Waals surface area contributed by atoms with Gasteiger partial charge in [-0.1, -0.05) is 42.5 Å². The number of halogens is 2. The van der Waals surface area contributed by atoms with E-state index in [-0.39, 0.29) is 59.8 Å². The zero-order chi connectivity index (χ0) is 70.5. The number of hydrogen-bond acceptors (Lipinski definition) is 18. The number of ether oxygens (including phenoxy) is 4. The minimum absolute atomic E-state index is 0.0795. The Morgan fingerprint density at radius 1 is 0.505 bits per heavy atom. The molecule has 0 aliphatic heterocycles. The topological polar surface area (TPSA) is 360 Å². The van der Waals surface area contributed by atoms with Crippen LogP contribution < -0.4 is 32.6 Å². The van der Waals surface area contributed by atoms with Crippen molar-refractivity contribution in [2.24, 2.45) is 11.5 Å². The monoisotopic (exact) mass is 1320 g/mol. The minimum atomic E-state index is -0.807. The Kier molecular flexibility index (Phi) is 25.0. The highest BCUT2D eigenvalue weighted by Crippen LogP contribution is 2.24. The van der Waals surface area contributed by atoms with Gasteiger partial charge in [0.2, 0.25) is 0 Å². The number of esters is 3. The number of methoxy groups -OCH3 is 1. The first-order chi connectivity index (χ1) is 46.6. The fraction of sp³-hybridized carbons (Fsp3) is 0.200. The molecule has 4 heterocycles. The summed E-state index contributed by atoms with van der Waals surface area (Å²) in [5.74, 6) is -3.54. The van der Waals surface area contributed by atoms with Crippen LogP contribution in [0.1, 0.15) is 134 Å². The maximum Gasteiger partial charge on any atom is 0.357 e. The maximum atomic E-state index is 13.5. The van der Waals surface area contributed by atoms with Crippen LogP contribution in [0.5, 0.6) is 5.75 Å². The summed E-state index contributed by atoms with van der Waals surface area (Å²) in [5.41, 5.74) is 26.9. The number of amides is 3. The quantitative estimate of drug-likeness (QED) is 0.0372. The summed E-state index contributed by atoms with van der Waals surface area (Å²) in [6.45, 7) is 14.3. The van der Waals surface area contributed by atoms with E-state index in [0.29, 0.717) is 70.7 Å². The standard InChI is InChI=1S/C22H22FN3O4.C20H17FN6O2.C14H17N3O2.C14H13N3O2/c1-4-30-22(28)20-14(2)12-25-26(20)17-8-5-15(6-9-17)13-24-21(27)18-11-16(23)7-10-19(18)29-3;1-11-2-5-13(21)8-15(11)20(29)25-10-12-3-6-14(7-4-12)27-18(19(24)28)17(23)16(9-22)26-27;2*1-3-19-14(18)13-10(2)9-16-17(13)12-6-4-11(8-15)5-7-12/h5-12H,4,13H2,1-3H3,(H,24,27);2-8H,10,23H2,1H3,(H2,24,28)(H,25,29);4-7,9H,3,8,15H2,1-2H3;4-7,9H,3H2,1-2H3. The minimum Gasteiger partial charge on any atom is -0.496 e. The highest BCUT2D eigenvalue weighted by atomic mass is 19.1. The van der Waals surface area contributed by atoms with Gasteiger partial charge in [-0.05, 0) is 162 Å². The van der Waals surface area contributed by atoms with E-state index >= 15 is 0 Å². The van der Waals surface area contributed by atoms with Crippen LogP contribution in [0.3, 0.4) is 0 Å². The second-order valence-corrected chi connectivity index (χ2v) is 21.0. The Morgan fingerprint density at radius 3 is 1.27 bits per heavy atom. The van der Waals surface area contributed by atoms with E-state index in [1.54, 1.807) is 132 Å². The largest absolute Gasteiger partial charge is 0.496 e. The van der Waals surface area contributed by atoms with Gasteiger partial charge in [0.05, 0.1) is 85.5 Å². The number of rotatable bonds is 19. The predicted octanol–water partition coefficient (Wildman–Crippen LogP) is 9.28. The van der Waals surface area contributed by atoms with Gasteiger partial charge < -0.3 is 46.8 Å². The normalized spacial score (nSPS) is 10.4. The molecule has 27 heteroatoms. The molecular weight excluding hydrogens is 1250 g/mol. The van der Waals surface area contributed by atoms with Crippen molar-refractivity contribution >= 4 is 41.3 Å². The number of nitrogens with zero attached hydrogens (tertiary/aromatic N) is 10. The van der Waals surface area contributed by atoms with E-state index < -0.39 is 35.4 Å². The third kappa shape index (κ3) is 18.0. The van der Waals surface area contributed by atoms with Crippen molar-refractivity contribution in [2.75, 3.05) is 32.7 Å². The molecule has 6 aromatic carbocycles. The molecule has 8 N–H and O–H groups in total. The SMILES string of the molecule is CCOC(=O)c1c(C)cnn1-c1ccc(C#N)cc1.CCOC(=O)c1c(C)cnn1-c1ccc(CN)cc1.CCOC(=O)c1c(C)cnn1-c1ccc(CNC(=O)c2cc(F)ccc2OC)cc1.Cc1ccc(F)cc1C(=O)NCc1ccc(-n2nc(C#N)c(N)c2C(N)=O)cc1. The number of benzene rings is 6. The van der Waals surface area contributed by atoms with Gasteiger partial charge in [0, 0.05) is 41.9 Å². The Balaban J connectivity index is 0.000000186. The Morgan fingerprint density at radius 2 is 0.887 bits per heavy atom. The fourth-order valence-corrected chi connectivity index (χ4v) is 9.37. The van der Waals surface area contributed by atoms with E-state index in [4.69, 9.17) is 46.7 Å². The summed E-state index contributed by atoms with van der Waals surface area (Å²) >= 11 is 0. The van der Waals surface area contributed by atoms with Crippen molar-refractivity contribution in [2.45, 2.75) is 68.1 Å². The maximum absolute atomic E-state index is 13.5. The molecule has 0 saturated carbocycles. The van der Waals surface area contributed by atoms with Crippen LogP contribution >= 0.6 is 0 Å². The number of hydrogen-bond donors (Lipinski definition) is 5. The van der Waals surface area contributed by atoms with Crippen LogP contribution in [0.25, 0.3) is 22.7 Å². The number of carbonyl (C=O) groups excluding carboxylic acids is 6. The van der Waals surface area contributed by atoms with Gasteiger partial charge in [0.15, 0.2) is 28.5 Å². The van der Waals surface area contributed by atoms with Crippen LogP contribution in [0.2, 0.25) is 0 Å². The first-order valence-electron chi connectivity index (χ1n) is 30.0. The number of anilines is 1. The summed E-state index contributed by atoms with van der Waals surface area (Å²) in [6, 6.07) is 40.0. The third-order valence-electron chi connectivity index (χ3n) is 14.3. The third-order valence-corrected chi connectivity index (χ3v) is 14.3. The number of nitrogens with two attached hydrogens (primary N) is 3. The lowest BCUT2D eigenvalue weighted by molar-refractivity contribution is 0.0505. The van der Waals surface area contributed by atoms with E-state index in [9.17, 15) is 37.5 Å². The number of primary amides is 1. The van der Waals surface area contributed by atoms with Crippen LogP contribution in [-0.4, -0.2) is 102 Å². The second-order valence-electron chi connectivity index (χ2n) is 21.0. The number of nitriles is 2. The molecule has 0 bridgehead atoms. The van der Waals surface area contributed by atoms with Crippen molar-refractivity contribution in [3.8, 4) is 40.6 Å². The first-order valence-corrected chi connectivity index (χ1v) is 30.0. The molecular formula is C70H69F2N15O10. The Hall–Kier alpha value is -12.6. The van der Waals surface area contributed by atoms with Crippen molar-refractivity contribution in [3.05, 3.63) is 248 Å². The van der Waals surface area contributed by atoms with Crippen LogP contribution in [0, 0.1) is 62.0 Å². The van der Waals surface area contributed by atoms with Crippen molar-refractivity contribution in [1.29, 1.82) is 10.5 Å². The molecule has 10 rings (SSSR count). The fourth-order valence-electron chi connectivity index (χ4n) is 9.37. The molecule has 25 nitrogen and oxygen atoms in total. The van der Waals surface area contributed by atoms with E-state index in [1.807, 2.05) is 55.5 Å². The molecule has 498 valence electrons. The van der Waals surface area contributed by atoms with Gasteiger partial charge in [-0.25, -0.2) is 41.9 Å². The average molecular weight is 1320 g/mol. The van der Waals surface area contributed by atoms with Gasteiger partial charge >= 0.3 is 17.9 Å². The molecule has 0 aliphatic rings. The van der Waals surface area contributed by atoms with Gasteiger partial charge in [0.25, 0.3) is 17.7 Å². The molecule has 10 aromatic rings. The molecule has 3 amide bonds. The number of nitrogen functional groups attached to an aromatic ring is 1. The molecule has 0 atom stereocenters. The van der Waals surface area contributed by atoms with Crippen LogP contribution in [0.15, 0.2) is 152 Å². The molecule has 4 aromatic heterocycles. The Bertz CT molecular complexity index is 4550. The summed E-state index contributed by atoms with van der Waals surface area (Å²) in [4.78, 5) is 72.4. The number of carbonyl (C=O) groups is 6. The van der Waals surface area contributed by atoms with Gasteiger partial charge in [0.1, 0.15) is 29.1 Å². The molecule has 0 radical (unpaired) electrons. The summed E-state index contributed by atoms with van der Waals surface area (Å²) in [7, 11) is 1.42.